The summed E-state index contributed by atoms with van der Waals surface area (Å²) in [6.07, 6.45) is 7.42. The fourth-order valence-electron chi connectivity index (χ4n) is 2.41. The van der Waals surface area contributed by atoms with E-state index in [1.165, 1.54) is 36.9 Å². The van der Waals surface area contributed by atoms with Gasteiger partial charge in [-0.25, -0.2) is 0 Å². The largest absolute Gasteiger partial charge is 0.310 e. The van der Waals surface area contributed by atoms with Crippen molar-refractivity contribution in [3.8, 4) is 0 Å². The first-order valence-electron chi connectivity index (χ1n) is 5.99. The Labute approximate surface area is 91.7 Å². The minimum absolute atomic E-state index is 0.702. The molecule has 1 aromatic heterocycles. The van der Waals surface area contributed by atoms with Crippen LogP contribution in [-0.4, -0.2) is 16.2 Å². The number of aryl methyl sites for hydroxylation is 1. The summed E-state index contributed by atoms with van der Waals surface area (Å²) >= 11 is 0. The van der Waals surface area contributed by atoms with Crippen LogP contribution in [0.4, 0.5) is 0 Å². The van der Waals surface area contributed by atoms with Gasteiger partial charge in [0.05, 0.1) is 6.20 Å². The summed E-state index contributed by atoms with van der Waals surface area (Å²) in [4.78, 5) is 0. The second-order valence-corrected chi connectivity index (χ2v) is 4.77. The predicted molar refractivity (Wildman–Crippen MR) is 61.6 cm³/mol. The van der Waals surface area contributed by atoms with Crippen LogP contribution in [0.1, 0.15) is 43.9 Å². The lowest BCUT2D eigenvalue weighted by atomic mass is 9.86. The summed E-state index contributed by atoms with van der Waals surface area (Å²) in [5.74, 6) is 0.825. The highest BCUT2D eigenvalue weighted by Gasteiger charge is 2.20. The molecular formula is C12H21N3. The van der Waals surface area contributed by atoms with Gasteiger partial charge < -0.3 is 5.32 Å². The smallest absolute Gasteiger partial charge is 0.0535 e. The molecule has 0 spiro atoms. The van der Waals surface area contributed by atoms with E-state index in [0.29, 0.717) is 6.04 Å². The summed E-state index contributed by atoms with van der Waals surface area (Å²) < 4.78 is 0. The summed E-state index contributed by atoms with van der Waals surface area (Å²) in [5, 5.41) is 10.7. The molecule has 0 amide bonds. The molecule has 1 fully saturated rings. The maximum absolute atomic E-state index is 4.04. The van der Waals surface area contributed by atoms with Crippen LogP contribution in [-0.2, 0) is 6.54 Å². The van der Waals surface area contributed by atoms with Crippen molar-refractivity contribution in [2.45, 2.75) is 52.1 Å². The van der Waals surface area contributed by atoms with Crippen molar-refractivity contribution in [3.63, 3.8) is 0 Å². The molecule has 2 atom stereocenters. The van der Waals surface area contributed by atoms with E-state index in [1.54, 1.807) is 0 Å². The Bertz CT molecular complexity index is 306. The van der Waals surface area contributed by atoms with Gasteiger partial charge in [0.2, 0.25) is 0 Å². The Morgan fingerprint density at radius 2 is 2.27 bits per heavy atom. The molecule has 2 rings (SSSR count). The Morgan fingerprint density at radius 1 is 1.47 bits per heavy atom. The zero-order chi connectivity index (χ0) is 10.7. The molecule has 3 nitrogen and oxygen atoms in total. The fourth-order valence-corrected chi connectivity index (χ4v) is 2.41. The Morgan fingerprint density at radius 3 is 2.93 bits per heavy atom. The van der Waals surface area contributed by atoms with Crippen LogP contribution in [0.25, 0.3) is 0 Å². The lowest BCUT2D eigenvalue weighted by Crippen LogP contribution is -2.36. The van der Waals surface area contributed by atoms with Gasteiger partial charge in [-0.15, -0.1) is 0 Å². The molecule has 0 unspecified atom stereocenters. The molecule has 15 heavy (non-hydrogen) atoms. The van der Waals surface area contributed by atoms with E-state index in [-0.39, 0.29) is 0 Å². The number of H-pyrrole nitrogens is 1. The number of hydrogen-bond acceptors (Lipinski definition) is 2. The summed E-state index contributed by atoms with van der Waals surface area (Å²) in [5.41, 5.74) is 2.48. The Hall–Kier alpha value is -0.830. The molecule has 1 heterocycles. The molecular weight excluding hydrogens is 186 g/mol. The van der Waals surface area contributed by atoms with Gasteiger partial charge in [-0.1, -0.05) is 19.8 Å². The zero-order valence-corrected chi connectivity index (χ0v) is 9.71. The van der Waals surface area contributed by atoms with Crippen molar-refractivity contribution >= 4 is 0 Å². The highest BCUT2D eigenvalue weighted by Crippen LogP contribution is 2.24. The van der Waals surface area contributed by atoms with Gasteiger partial charge in [0.15, 0.2) is 0 Å². The van der Waals surface area contributed by atoms with Gasteiger partial charge in [0, 0.05) is 23.8 Å². The second kappa shape index (κ2) is 4.79. The number of aromatic amines is 1. The van der Waals surface area contributed by atoms with Gasteiger partial charge in [0.25, 0.3) is 0 Å². The summed E-state index contributed by atoms with van der Waals surface area (Å²) in [7, 11) is 0. The minimum Gasteiger partial charge on any atom is -0.310 e. The van der Waals surface area contributed by atoms with Crippen molar-refractivity contribution < 1.29 is 0 Å². The standard InChI is InChI=1S/C12H21N3/c1-9-5-3-4-6-12(9)13-7-11-8-14-15-10(11)2/h8-9,12-13H,3-7H2,1-2H3,(H,14,15)/t9-,12+/m1/s1. The van der Waals surface area contributed by atoms with Gasteiger partial charge in [-0.05, 0) is 25.7 Å². The summed E-state index contributed by atoms with van der Waals surface area (Å²) in [6.45, 7) is 5.39. The Kier molecular flexibility index (Phi) is 3.41. The zero-order valence-electron chi connectivity index (χ0n) is 9.71. The van der Waals surface area contributed by atoms with E-state index in [9.17, 15) is 0 Å². The van der Waals surface area contributed by atoms with E-state index in [2.05, 4.69) is 29.4 Å². The van der Waals surface area contributed by atoms with Crippen molar-refractivity contribution in [1.82, 2.24) is 15.5 Å². The molecule has 0 bridgehead atoms. The van der Waals surface area contributed by atoms with Crippen LogP contribution in [0, 0.1) is 12.8 Å². The third kappa shape index (κ3) is 2.59. The average Bonchev–Trinajstić information content (AvgIpc) is 2.63. The highest BCUT2D eigenvalue weighted by atomic mass is 15.1. The molecule has 0 aromatic carbocycles. The van der Waals surface area contributed by atoms with Crippen molar-refractivity contribution in [3.05, 3.63) is 17.5 Å². The van der Waals surface area contributed by atoms with Gasteiger partial charge in [0.1, 0.15) is 0 Å². The number of nitrogens with zero attached hydrogens (tertiary/aromatic N) is 1. The van der Waals surface area contributed by atoms with Crippen LogP contribution in [0.5, 0.6) is 0 Å². The van der Waals surface area contributed by atoms with E-state index >= 15 is 0 Å². The molecule has 1 aromatic rings. The van der Waals surface area contributed by atoms with Crippen molar-refractivity contribution in [1.29, 1.82) is 0 Å². The number of aromatic nitrogens is 2. The van der Waals surface area contributed by atoms with Crippen molar-refractivity contribution in [2.24, 2.45) is 5.92 Å². The predicted octanol–water partition coefficient (Wildman–Crippen LogP) is 2.39. The van der Waals surface area contributed by atoms with Crippen LogP contribution < -0.4 is 5.32 Å². The molecule has 0 aliphatic heterocycles. The van der Waals surface area contributed by atoms with Crippen molar-refractivity contribution in [2.75, 3.05) is 0 Å². The molecule has 0 saturated heterocycles. The topological polar surface area (TPSA) is 40.7 Å². The third-order valence-electron chi connectivity index (χ3n) is 3.60. The first-order chi connectivity index (χ1) is 7.27. The first-order valence-corrected chi connectivity index (χ1v) is 5.99. The first kappa shape index (κ1) is 10.7. The fraction of sp³-hybridized carbons (Fsp3) is 0.750. The molecule has 84 valence electrons. The molecule has 1 aliphatic carbocycles. The highest BCUT2D eigenvalue weighted by molar-refractivity contribution is 5.13. The van der Waals surface area contributed by atoms with E-state index in [0.717, 1.165) is 12.5 Å². The summed E-state index contributed by atoms with van der Waals surface area (Å²) in [6, 6.07) is 0.702. The SMILES string of the molecule is Cc1[nH]ncc1CN[C@H]1CCCC[C@H]1C. The maximum atomic E-state index is 4.04. The molecule has 1 aliphatic rings. The Balaban J connectivity index is 1.84. The third-order valence-corrected chi connectivity index (χ3v) is 3.60. The van der Waals surface area contributed by atoms with Crippen LogP contribution >= 0.6 is 0 Å². The normalized spacial score (nSPS) is 26.8. The van der Waals surface area contributed by atoms with Gasteiger partial charge in [-0.2, -0.15) is 5.10 Å². The number of hydrogen-bond donors (Lipinski definition) is 2. The lowest BCUT2D eigenvalue weighted by molar-refractivity contribution is 0.279. The quantitative estimate of drug-likeness (QED) is 0.799. The molecule has 2 N–H and O–H groups in total. The van der Waals surface area contributed by atoms with Crippen LogP contribution in [0.15, 0.2) is 6.20 Å². The monoisotopic (exact) mass is 207 g/mol. The number of rotatable bonds is 3. The molecule has 3 heteroatoms. The van der Waals surface area contributed by atoms with Gasteiger partial charge in [-0.3, -0.25) is 5.10 Å². The second-order valence-electron chi connectivity index (χ2n) is 4.77. The average molecular weight is 207 g/mol. The van der Waals surface area contributed by atoms with E-state index in [1.807, 2.05) is 6.20 Å². The molecule has 1 saturated carbocycles. The van der Waals surface area contributed by atoms with E-state index < -0.39 is 0 Å². The van der Waals surface area contributed by atoms with Crippen LogP contribution in [0.3, 0.4) is 0 Å². The lowest BCUT2D eigenvalue weighted by Gasteiger charge is -2.29. The molecule has 0 radical (unpaired) electrons. The minimum atomic E-state index is 0.702. The van der Waals surface area contributed by atoms with E-state index in [4.69, 9.17) is 0 Å². The number of nitrogens with one attached hydrogen (secondary N) is 2. The maximum Gasteiger partial charge on any atom is 0.0535 e. The van der Waals surface area contributed by atoms with Crippen LogP contribution in [0.2, 0.25) is 0 Å². The van der Waals surface area contributed by atoms with Gasteiger partial charge >= 0.3 is 0 Å².